The molecule has 0 bridgehead atoms. The van der Waals surface area contributed by atoms with Gasteiger partial charge in [0.1, 0.15) is 0 Å². The lowest BCUT2D eigenvalue weighted by atomic mass is 10.1. The third-order valence-electron chi connectivity index (χ3n) is 5.28. The van der Waals surface area contributed by atoms with Crippen LogP contribution >= 0.6 is 0 Å². The average molecular weight is 438 g/mol. The first-order valence-electron chi connectivity index (χ1n) is 10.7. The number of benzene rings is 2. The van der Waals surface area contributed by atoms with Crippen LogP contribution in [0.3, 0.4) is 0 Å². The second-order valence-corrected chi connectivity index (χ2v) is 7.54. The standard InChI is InChI=1S/C25H31N3O4/c1-31-16-17-32-15-14-28(13-12-22-18-26-24-5-3-2-4-23(22)24)19-21-8-6-20(7-9-21)10-11-25(29)27-30/h2-11,18,26,30H,12-17,19H2,1H3,(H,27,29). The van der Waals surface area contributed by atoms with Gasteiger partial charge in [-0.1, -0.05) is 42.5 Å². The molecule has 170 valence electrons. The van der Waals surface area contributed by atoms with E-state index in [1.165, 1.54) is 22.6 Å². The Labute approximate surface area is 188 Å². The minimum absolute atomic E-state index is 0.550. The fourth-order valence-corrected chi connectivity index (χ4v) is 3.53. The fraction of sp³-hybridized carbons (Fsp3) is 0.320. The van der Waals surface area contributed by atoms with Gasteiger partial charge in [-0.15, -0.1) is 0 Å². The van der Waals surface area contributed by atoms with Crippen LogP contribution in [0, 0.1) is 0 Å². The average Bonchev–Trinajstić information content (AvgIpc) is 3.24. The Morgan fingerprint density at radius 3 is 2.69 bits per heavy atom. The van der Waals surface area contributed by atoms with Gasteiger partial charge in [-0.2, -0.15) is 0 Å². The maximum absolute atomic E-state index is 11.1. The third-order valence-corrected chi connectivity index (χ3v) is 5.28. The van der Waals surface area contributed by atoms with Crippen LogP contribution in [0.4, 0.5) is 0 Å². The van der Waals surface area contributed by atoms with Crippen LogP contribution < -0.4 is 5.48 Å². The molecule has 0 unspecified atom stereocenters. The molecule has 0 atom stereocenters. The molecule has 32 heavy (non-hydrogen) atoms. The molecule has 1 heterocycles. The molecule has 7 nitrogen and oxygen atoms in total. The first kappa shape index (κ1) is 23.7. The van der Waals surface area contributed by atoms with Crippen LogP contribution in [0.2, 0.25) is 0 Å². The number of carbonyl (C=O) groups excluding carboxylic acids is 1. The van der Waals surface area contributed by atoms with Gasteiger partial charge in [0.15, 0.2) is 0 Å². The number of rotatable bonds is 13. The van der Waals surface area contributed by atoms with Crippen LogP contribution in [-0.4, -0.2) is 61.0 Å². The van der Waals surface area contributed by atoms with E-state index >= 15 is 0 Å². The number of nitrogens with zero attached hydrogens (tertiary/aromatic N) is 1. The normalized spacial score (nSPS) is 11.6. The smallest absolute Gasteiger partial charge is 0.267 e. The second-order valence-electron chi connectivity index (χ2n) is 7.54. The largest absolute Gasteiger partial charge is 0.382 e. The zero-order chi connectivity index (χ0) is 22.6. The monoisotopic (exact) mass is 437 g/mol. The number of nitrogens with one attached hydrogen (secondary N) is 2. The molecule has 0 radical (unpaired) electrons. The minimum atomic E-state index is -0.550. The van der Waals surface area contributed by atoms with Crippen LogP contribution in [0.15, 0.2) is 60.8 Å². The van der Waals surface area contributed by atoms with E-state index in [2.05, 4.69) is 46.4 Å². The van der Waals surface area contributed by atoms with Crippen molar-refractivity contribution in [2.45, 2.75) is 13.0 Å². The molecule has 0 saturated heterocycles. The van der Waals surface area contributed by atoms with Crippen molar-refractivity contribution in [3.63, 3.8) is 0 Å². The van der Waals surface area contributed by atoms with E-state index in [9.17, 15) is 4.79 Å². The molecule has 0 aliphatic carbocycles. The Hall–Kier alpha value is -2.97. The predicted molar refractivity (Wildman–Crippen MR) is 125 cm³/mol. The first-order valence-corrected chi connectivity index (χ1v) is 10.7. The van der Waals surface area contributed by atoms with E-state index in [1.807, 2.05) is 18.2 Å². The molecule has 0 aliphatic rings. The predicted octanol–water partition coefficient (Wildman–Crippen LogP) is 3.39. The second kappa shape index (κ2) is 12.8. The van der Waals surface area contributed by atoms with Crippen LogP contribution in [-0.2, 0) is 27.2 Å². The van der Waals surface area contributed by atoms with Crippen molar-refractivity contribution in [2.75, 3.05) is 40.0 Å². The van der Waals surface area contributed by atoms with Gasteiger partial charge in [-0.05, 0) is 35.3 Å². The number of hydroxylamine groups is 1. The van der Waals surface area contributed by atoms with Crippen LogP contribution in [0.1, 0.15) is 16.7 Å². The van der Waals surface area contributed by atoms with Gasteiger partial charge in [0.05, 0.1) is 19.8 Å². The topological polar surface area (TPSA) is 86.8 Å². The Bertz CT molecular complexity index is 998. The molecule has 3 aromatic rings. The molecular formula is C25H31N3O4. The van der Waals surface area contributed by atoms with Crippen LogP contribution in [0.25, 0.3) is 17.0 Å². The van der Waals surface area contributed by atoms with Gasteiger partial charge in [0.2, 0.25) is 0 Å². The Kier molecular flexibility index (Phi) is 9.46. The zero-order valence-corrected chi connectivity index (χ0v) is 18.4. The molecule has 3 N–H and O–H groups in total. The van der Waals surface area contributed by atoms with Crippen molar-refractivity contribution < 1.29 is 19.5 Å². The van der Waals surface area contributed by atoms with Gasteiger partial charge in [0.25, 0.3) is 5.91 Å². The molecule has 0 spiro atoms. The number of amides is 1. The maximum atomic E-state index is 11.1. The summed E-state index contributed by atoms with van der Waals surface area (Å²) in [5, 5.41) is 9.85. The number of hydrogen-bond acceptors (Lipinski definition) is 5. The number of carbonyl (C=O) groups is 1. The summed E-state index contributed by atoms with van der Waals surface area (Å²) in [5.41, 5.74) is 6.14. The van der Waals surface area contributed by atoms with Crippen molar-refractivity contribution in [3.8, 4) is 0 Å². The van der Waals surface area contributed by atoms with Gasteiger partial charge in [-0.3, -0.25) is 14.9 Å². The van der Waals surface area contributed by atoms with E-state index in [4.69, 9.17) is 14.7 Å². The Morgan fingerprint density at radius 2 is 1.91 bits per heavy atom. The van der Waals surface area contributed by atoms with E-state index in [0.29, 0.717) is 19.8 Å². The number of ether oxygens (including phenoxy) is 2. The quantitative estimate of drug-likeness (QED) is 0.165. The molecule has 3 rings (SSSR count). The van der Waals surface area contributed by atoms with Gasteiger partial charge >= 0.3 is 0 Å². The molecule has 7 heteroatoms. The highest BCUT2D eigenvalue weighted by atomic mass is 16.5. The van der Waals surface area contributed by atoms with Gasteiger partial charge in [0, 0.05) is 49.9 Å². The SMILES string of the molecule is COCCOCCN(CCc1c[nH]c2ccccc12)Cc1ccc(C=CC(=O)NO)cc1. The summed E-state index contributed by atoms with van der Waals surface area (Å²) in [6, 6.07) is 16.4. The molecule has 1 amide bonds. The summed E-state index contributed by atoms with van der Waals surface area (Å²) >= 11 is 0. The number of methoxy groups -OCH3 is 1. The summed E-state index contributed by atoms with van der Waals surface area (Å²) < 4.78 is 10.7. The molecule has 2 aromatic carbocycles. The number of H-pyrrole nitrogens is 1. The number of aromatic amines is 1. The summed E-state index contributed by atoms with van der Waals surface area (Å²) in [6.07, 6.45) is 5.99. The summed E-state index contributed by atoms with van der Waals surface area (Å²) in [7, 11) is 1.67. The maximum Gasteiger partial charge on any atom is 0.267 e. The van der Waals surface area contributed by atoms with Gasteiger partial charge in [-0.25, -0.2) is 5.48 Å². The lowest BCUT2D eigenvalue weighted by Gasteiger charge is -2.22. The number of fused-ring (bicyclic) bond motifs is 1. The zero-order valence-electron chi connectivity index (χ0n) is 18.4. The van der Waals surface area contributed by atoms with Crippen molar-refractivity contribution in [3.05, 3.63) is 77.5 Å². The van der Waals surface area contributed by atoms with Crippen molar-refractivity contribution in [1.29, 1.82) is 0 Å². The number of para-hydroxylation sites is 1. The van der Waals surface area contributed by atoms with E-state index in [-0.39, 0.29) is 0 Å². The highest BCUT2D eigenvalue weighted by molar-refractivity contribution is 5.90. The number of aromatic nitrogens is 1. The summed E-state index contributed by atoms with van der Waals surface area (Å²) in [5.74, 6) is -0.550. The van der Waals surface area contributed by atoms with Crippen molar-refractivity contribution >= 4 is 22.9 Å². The molecule has 0 fully saturated rings. The highest BCUT2D eigenvalue weighted by Gasteiger charge is 2.09. The third kappa shape index (κ3) is 7.32. The highest BCUT2D eigenvalue weighted by Crippen LogP contribution is 2.19. The Balaban J connectivity index is 1.61. The molecule has 1 aromatic heterocycles. The molecular weight excluding hydrogens is 406 g/mol. The lowest BCUT2D eigenvalue weighted by molar-refractivity contribution is -0.124. The lowest BCUT2D eigenvalue weighted by Crippen LogP contribution is -2.29. The number of hydrogen-bond donors (Lipinski definition) is 3. The minimum Gasteiger partial charge on any atom is -0.382 e. The molecule has 0 saturated carbocycles. The van der Waals surface area contributed by atoms with E-state index in [1.54, 1.807) is 18.7 Å². The first-order chi connectivity index (χ1) is 15.7. The van der Waals surface area contributed by atoms with Crippen LogP contribution in [0.5, 0.6) is 0 Å². The summed E-state index contributed by atoms with van der Waals surface area (Å²) in [4.78, 5) is 16.9. The Morgan fingerprint density at radius 1 is 1.09 bits per heavy atom. The fourth-order valence-electron chi connectivity index (χ4n) is 3.53. The van der Waals surface area contributed by atoms with E-state index in [0.717, 1.165) is 37.1 Å². The molecule has 0 aliphatic heterocycles. The van der Waals surface area contributed by atoms with E-state index < -0.39 is 5.91 Å². The van der Waals surface area contributed by atoms with Crippen molar-refractivity contribution in [1.82, 2.24) is 15.4 Å². The van der Waals surface area contributed by atoms with Crippen molar-refractivity contribution in [2.24, 2.45) is 0 Å². The van der Waals surface area contributed by atoms with Gasteiger partial charge < -0.3 is 14.5 Å². The summed E-state index contributed by atoms with van der Waals surface area (Å²) in [6.45, 7) is 4.37.